The first-order valence-corrected chi connectivity index (χ1v) is 5.56. The van der Waals surface area contributed by atoms with Gasteiger partial charge in [0.05, 0.1) is 11.3 Å². The molecular formula is C9H17N3OS. The number of aliphatic imine (C=N–C) groups is 1. The highest BCUT2D eigenvalue weighted by Gasteiger charge is 2.31. The van der Waals surface area contributed by atoms with Crippen LogP contribution in [0.3, 0.4) is 0 Å². The van der Waals surface area contributed by atoms with Crippen LogP contribution >= 0.6 is 11.8 Å². The second-order valence-electron chi connectivity index (χ2n) is 3.77. The van der Waals surface area contributed by atoms with Crippen molar-refractivity contribution in [2.24, 2.45) is 10.7 Å². The Bertz CT molecular complexity index is 252. The maximum Gasteiger partial charge on any atom is 0.155 e. The summed E-state index contributed by atoms with van der Waals surface area (Å²) >= 11 is 1.39. The number of thioether (sulfide) groups is 1. The molecule has 1 rings (SSSR count). The van der Waals surface area contributed by atoms with Crippen molar-refractivity contribution in [3.63, 3.8) is 0 Å². The molecule has 0 amide bonds. The molecule has 0 aromatic rings. The minimum atomic E-state index is -0.0602. The molecule has 1 heterocycles. The highest BCUT2D eigenvalue weighted by Crippen LogP contribution is 2.26. The Morgan fingerprint density at radius 1 is 1.64 bits per heavy atom. The molecule has 1 aliphatic heterocycles. The fraction of sp³-hybridized carbons (Fsp3) is 0.778. The van der Waals surface area contributed by atoms with Gasteiger partial charge in [0.25, 0.3) is 0 Å². The van der Waals surface area contributed by atoms with E-state index < -0.39 is 0 Å². The molecule has 0 saturated carbocycles. The summed E-state index contributed by atoms with van der Waals surface area (Å²) in [6.07, 6.45) is 0.581. The van der Waals surface area contributed by atoms with Crippen LogP contribution in [0, 0.1) is 0 Å². The number of nitrogens with two attached hydrogens (primary N) is 1. The Hall–Kier alpha value is -0.550. The van der Waals surface area contributed by atoms with Crippen LogP contribution in [0.4, 0.5) is 0 Å². The van der Waals surface area contributed by atoms with Gasteiger partial charge >= 0.3 is 0 Å². The number of ketones is 1. The molecule has 5 heteroatoms. The van der Waals surface area contributed by atoms with Gasteiger partial charge < -0.3 is 10.6 Å². The van der Waals surface area contributed by atoms with E-state index >= 15 is 0 Å². The fourth-order valence-corrected chi connectivity index (χ4v) is 2.33. The van der Waals surface area contributed by atoms with Crippen LogP contribution in [0.5, 0.6) is 0 Å². The molecule has 0 aromatic heterocycles. The van der Waals surface area contributed by atoms with E-state index in [9.17, 15) is 4.79 Å². The minimum absolute atomic E-state index is 0.0367. The molecule has 0 fully saturated rings. The van der Waals surface area contributed by atoms with Crippen molar-refractivity contribution in [3.8, 4) is 0 Å². The van der Waals surface area contributed by atoms with Crippen molar-refractivity contribution in [3.05, 3.63) is 0 Å². The first-order valence-electron chi connectivity index (χ1n) is 4.68. The van der Waals surface area contributed by atoms with E-state index in [1.54, 1.807) is 0 Å². The molecule has 0 radical (unpaired) electrons. The molecule has 1 aliphatic rings. The van der Waals surface area contributed by atoms with Gasteiger partial charge in [-0.1, -0.05) is 11.8 Å². The second-order valence-corrected chi connectivity index (χ2v) is 4.93. The second kappa shape index (κ2) is 4.79. The van der Waals surface area contributed by atoms with E-state index in [-0.39, 0.29) is 17.1 Å². The first-order chi connectivity index (χ1) is 6.50. The Morgan fingerprint density at radius 2 is 2.29 bits per heavy atom. The number of nitrogens with zero attached hydrogens (tertiary/aromatic N) is 2. The molecule has 4 nitrogen and oxygen atoms in total. The highest BCUT2D eigenvalue weighted by molar-refractivity contribution is 8.15. The Balaban J connectivity index is 2.40. The third-order valence-electron chi connectivity index (χ3n) is 2.14. The quantitative estimate of drug-likeness (QED) is 0.734. The topological polar surface area (TPSA) is 58.7 Å². The average Bonchev–Trinajstić information content (AvgIpc) is 2.41. The number of rotatable bonds is 4. The first kappa shape index (κ1) is 11.5. The Labute approximate surface area is 88.9 Å². The van der Waals surface area contributed by atoms with Gasteiger partial charge in [0.1, 0.15) is 5.78 Å². The zero-order valence-corrected chi connectivity index (χ0v) is 9.67. The molecule has 2 N–H and O–H groups in total. The van der Waals surface area contributed by atoms with Crippen LogP contribution in [0.15, 0.2) is 4.99 Å². The van der Waals surface area contributed by atoms with Crippen molar-refractivity contribution in [2.45, 2.75) is 24.6 Å². The lowest BCUT2D eigenvalue weighted by Crippen LogP contribution is -2.28. The standard InChI is InChI=1S/C9H17N3OS/c1-6-8(14-9(10)11-6)7(13)4-5-12(2)3/h6,8H,4-5H2,1-3H3,(H2,10,11). The molecule has 0 saturated heterocycles. The van der Waals surface area contributed by atoms with Crippen LogP contribution < -0.4 is 5.73 Å². The van der Waals surface area contributed by atoms with Crippen LogP contribution in [0.1, 0.15) is 13.3 Å². The fourth-order valence-electron chi connectivity index (χ4n) is 1.34. The molecule has 80 valence electrons. The van der Waals surface area contributed by atoms with Crippen molar-refractivity contribution in [1.29, 1.82) is 0 Å². The summed E-state index contributed by atoms with van der Waals surface area (Å²) in [5.74, 6) is 0.250. The van der Waals surface area contributed by atoms with Gasteiger partial charge in [0.15, 0.2) is 5.17 Å². The molecule has 0 spiro atoms. The van der Waals surface area contributed by atoms with Gasteiger partial charge in [-0.25, -0.2) is 0 Å². The number of carbonyl (C=O) groups is 1. The predicted molar refractivity (Wildman–Crippen MR) is 60.6 cm³/mol. The van der Waals surface area contributed by atoms with Crippen LogP contribution in [-0.2, 0) is 4.79 Å². The normalized spacial score (nSPS) is 26.7. The third-order valence-corrected chi connectivity index (χ3v) is 3.40. The van der Waals surface area contributed by atoms with Gasteiger partial charge in [-0.3, -0.25) is 9.79 Å². The lowest BCUT2D eigenvalue weighted by Gasteiger charge is -2.13. The molecule has 2 unspecified atom stereocenters. The van der Waals surface area contributed by atoms with E-state index in [0.717, 1.165) is 6.54 Å². The Morgan fingerprint density at radius 3 is 2.71 bits per heavy atom. The largest absolute Gasteiger partial charge is 0.379 e. The summed E-state index contributed by atoms with van der Waals surface area (Å²) in [5.41, 5.74) is 5.56. The summed E-state index contributed by atoms with van der Waals surface area (Å²) in [6.45, 7) is 2.73. The molecule has 0 aromatic carbocycles. The average molecular weight is 215 g/mol. The van der Waals surface area contributed by atoms with Gasteiger partial charge in [0, 0.05) is 13.0 Å². The lowest BCUT2D eigenvalue weighted by atomic mass is 10.1. The summed E-state index contributed by atoms with van der Waals surface area (Å²) in [7, 11) is 3.92. The molecule has 0 aliphatic carbocycles. The zero-order chi connectivity index (χ0) is 10.7. The molecular weight excluding hydrogens is 198 g/mol. The van der Waals surface area contributed by atoms with Crippen LogP contribution in [-0.4, -0.2) is 47.8 Å². The predicted octanol–water partition coefficient (Wildman–Crippen LogP) is 0.326. The van der Waals surface area contributed by atoms with E-state index in [1.807, 2.05) is 25.9 Å². The van der Waals surface area contributed by atoms with Crippen molar-refractivity contribution < 1.29 is 4.79 Å². The maximum absolute atomic E-state index is 11.7. The molecule has 0 bridgehead atoms. The van der Waals surface area contributed by atoms with Crippen molar-refractivity contribution >= 4 is 22.7 Å². The molecule has 14 heavy (non-hydrogen) atoms. The monoisotopic (exact) mass is 215 g/mol. The number of hydrogen-bond donors (Lipinski definition) is 1. The van der Waals surface area contributed by atoms with Crippen LogP contribution in [0.25, 0.3) is 0 Å². The highest BCUT2D eigenvalue weighted by atomic mass is 32.2. The molecule has 2 atom stereocenters. The van der Waals surface area contributed by atoms with Gasteiger partial charge in [-0.2, -0.15) is 0 Å². The van der Waals surface area contributed by atoms with Gasteiger partial charge in [-0.15, -0.1) is 0 Å². The zero-order valence-electron chi connectivity index (χ0n) is 8.86. The number of hydrogen-bond acceptors (Lipinski definition) is 5. The summed E-state index contributed by atoms with van der Waals surface area (Å²) in [6, 6.07) is 0.0367. The van der Waals surface area contributed by atoms with Crippen molar-refractivity contribution in [1.82, 2.24) is 4.90 Å². The summed E-state index contributed by atoms with van der Waals surface area (Å²) in [5, 5.41) is 0.482. The summed E-state index contributed by atoms with van der Waals surface area (Å²) < 4.78 is 0. The third kappa shape index (κ3) is 2.99. The van der Waals surface area contributed by atoms with Gasteiger partial charge in [0.2, 0.25) is 0 Å². The summed E-state index contributed by atoms with van der Waals surface area (Å²) in [4.78, 5) is 17.9. The van der Waals surface area contributed by atoms with E-state index in [1.165, 1.54) is 11.8 Å². The minimum Gasteiger partial charge on any atom is -0.379 e. The lowest BCUT2D eigenvalue weighted by molar-refractivity contribution is -0.118. The Kier molecular flexibility index (Phi) is 3.95. The smallest absolute Gasteiger partial charge is 0.155 e. The SMILES string of the molecule is CC1N=C(N)SC1C(=O)CCN(C)C. The number of carbonyl (C=O) groups excluding carboxylic acids is 1. The van der Waals surface area contributed by atoms with E-state index in [0.29, 0.717) is 11.6 Å². The van der Waals surface area contributed by atoms with E-state index in [4.69, 9.17) is 5.73 Å². The van der Waals surface area contributed by atoms with E-state index in [2.05, 4.69) is 4.99 Å². The van der Waals surface area contributed by atoms with Crippen molar-refractivity contribution in [2.75, 3.05) is 20.6 Å². The van der Waals surface area contributed by atoms with Crippen LogP contribution in [0.2, 0.25) is 0 Å². The maximum atomic E-state index is 11.7. The van der Waals surface area contributed by atoms with Gasteiger partial charge in [-0.05, 0) is 21.0 Å². The number of Topliss-reactive ketones (excluding diaryl/α,β-unsaturated/α-hetero) is 1. The number of amidine groups is 1.